The van der Waals surface area contributed by atoms with Crippen LogP contribution in [0.2, 0.25) is 0 Å². The van der Waals surface area contributed by atoms with Gasteiger partial charge < -0.3 is 9.84 Å². The first kappa shape index (κ1) is 14.2. The van der Waals surface area contributed by atoms with Crippen molar-refractivity contribution in [3.8, 4) is 0 Å². The van der Waals surface area contributed by atoms with Crippen molar-refractivity contribution in [2.75, 3.05) is 11.1 Å². The summed E-state index contributed by atoms with van der Waals surface area (Å²) >= 11 is 1.54. The van der Waals surface area contributed by atoms with Gasteiger partial charge in [0.15, 0.2) is 0 Å². The zero-order chi connectivity index (χ0) is 14.7. The molecule has 0 atom stereocenters. The maximum absolute atomic E-state index is 11.9. The number of fused-ring (bicyclic) bond motifs is 1. The largest absolute Gasteiger partial charge is 0.361 e. The predicted molar refractivity (Wildman–Crippen MR) is 84.5 cm³/mol. The van der Waals surface area contributed by atoms with E-state index in [1.807, 2.05) is 19.1 Å². The van der Waals surface area contributed by atoms with E-state index >= 15 is 0 Å². The summed E-state index contributed by atoms with van der Waals surface area (Å²) < 4.78 is 5.00. The van der Waals surface area contributed by atoms with Gasteiger partial charge in [0.25, 0.3) is 0 Å². The summed E-state index contributed by atoms with van der Waals surface area (Å²) in [6.07, 6.45) is 3.51. The third kappa shape index (κ3) is 3.67. The van der Waals surface area contributed by atoms with Gasteiger partial charge in [-0.2, -0.15) is 0 Å². The number of aromatic nitrogens is 1. The number of nitrogens with zero attached hydrogens (tertiary/aromatic N) is 1. The van der Waals surface area contributed by atoms with E-state index < -0.39 is 0 Å². The molecule has 0 unspecified atom stereocenters. The lowest BCUT2D eigenvalue weighted by Gasteiger charge is -2.07. The van der Waals surface area contributed by atoms with Crippen LogP contribution in [0, 0.1) is 6.92 Å². The molecule has 0 radical (unpaired) electrons. The van der Waals surface area contributed by atoms with Crippen LogP contribution in [0.1, 0.15) is 29.0 Å². The van der Waals surface area contributed by atoms with Gasteiger partial charge in [0.2, 0.25) is 5.91 Å². The zero-order valence-electron chi connectivity index (χ0n) is 12.0. The van der Waals surface area contributed by atoms with Crippen molar-refractivity contribution >= 4 is 23.4 Å². The first-order valence-corrected chi connectivity index (χ1v) is 8.28. The molecule has 1 amide bonds. The highest BCUT2D eigenvalue weighted by atomic mass is 32.2. The summed E-state index contributed by atoms with van der Waals surface area (Å²) in [4.78, 5) is 11.9. The lowest BCUT2D eigenvalue weighted by Crippen LogP contribution is -2.14. The van der Waals surface area contributed by atoms with Crippen molar-refractivity contribution in [3.63, 3.8) is 0 Å². The van der Waals surface area contributed by atoms with Crippen molar-refractivity contribution in [2.45, 2.75) is 31.9 Å². The second-order valence-corrected chi connectivity index (χ2v) is 6.29. The monoisotopic (exact) mass is 302 g/mol. The number of nitrogens with one attached hydrogen (secondary N) is 1. The minimum atomic E-state index is 0.0261. The van der Waals surface area contributed by atoms with Gasteiger partial charge in [0, 0.05) is 17.5 Å². The molecular weight excluding hydrogens is 284 g/mol. The third-order valence-electron chi connectivity index (χ3n) is 3.54. The van der Waals surface area contributed by atoms with Crippen LogP contribution < -0.4 is 5.32 Å². The second-order valence-electron chi connectivity index (χ2n) is 5.31. The summed E-state index contributed by atoms with van der Waals surface area (Å²) in [6.45, 7) is 1.86. The van der Waals surface area contributed by atoms with Crippen molar-refractivity contribution in [1.29, 1.82) is 0 Å². The third-order valence-corrected chi connectivity index (χ3v) is 4.51. The standard InChI is InChI=1S/C16H18N2O2S/c1-11-7-15(18-20-11)9-21-10-16(19)17-14-6-5-12-3-2-4-13(12)8-14/h5-8H,2-4,9-10H2,1H3,(H,17,19). The Hall–Kier alpha value is -1.75. The van der Waals surface area contributed by atoms with Crippen LogP contribution in [0.4, 0.5) is 5.69 Å². The number of carbonyl (C=O) groups excluding carboxylic acids is 1. The highest BCUT2D eigenvalue weighted by Crippen LogP contribution is 2.25. The number of benzene rings is 1. The van der Waals surface area contributed by atoms with E-state index in [1.165, 1.54) is 29.3 Å². The first-order valence-electron chi connectivity index (χ1n) is 7.12. The van der Waals surface area contributed by atoms with Crippen LogP contribution in [0.5, 0.6) is 0 Å². The van der Waals surface area contributed by atoms with Gasteiger partial charge >= 0.3 is 0 Å². The van der Waals surface area contributed by atoms with Gasteiger partial charge in [-0.15, -0.1) is 11.8 Å². The van der Waals surface area contributed by atoms with Gasteiger partial charge in [-0.1, -0.05) is 11.2 Å². The number of carbonyl (C=O) groups is 1. The van der Waals surface area contributed by atoms with Crippen LogP contribution in [0.25, 0.3) is 0 Å². The van der Waals surface area contributed by atoms with Gasteiger partial charge in [-0.05, 0) is 49.4 Å². The number of amides is 1. The van der Waals surface area contributed by atoms with Gasteiger partial charge in [0.05, 0.1) is 11.4 Å². The molecule has 21 heavy (non-hydrogen) atoms. The molecule has 1 aliphatic carbocycles. The molecule has 0 saturated carbocycles. The number of anilines is 1. The van der Waals surface area contributed by atoms with Crippen molar-refractivity contribution < 1.29 is 9.32 Å². The van der Waals surface area contributed by atoms with E-state index in [1.54, 1.807) is 0 Å². The Balaban J connectivity index is 1.48. The maximum atomic E-state index is 11.9. The van der Waals surface area contributed by atoms with Crippen LogP contribution in [0.3, 0.4) is 0 Å². The fourth-order valence-electron chi connectivity index (χ4n) is 2.58. The summed E-state index contributed by atoms with van der Waals surface area (Å²) in [7, 11) is 0. The van der Waals surface area contributed by atoms with Crippen LogP contribution in [-0.2, 0) is 23.4 Å². The molecule has 1 aromatic heterocycles. The zero-order valence-corrected chi connectivity index (χ0v) is 12.8. The molecule has 2 aromatic rings. The fourth-order valence-corrected chi connectivity index (χ4v) is 3.29. The normalized spacial score (nSPS) is 13.2. The number of thioether (sulfide) groups is 1. The predicted octanol–water partition coefficient (Wildman–Crippen LogP) is 3.34. The van der Waals surface area contributed by atoms with Crippen molar-refractivity contribution in [2.24, 2.45) is 0 Å². The quantitative estimate of drug-likeness (QED) is 0.920. The van der Waals surface area contributed by atoms with Crippen LogP contribution in [0.15, 0.2) is 28.8 Å². The summed E-state index contributed by atoms with van der Waals surface area (Å²) in [5, 5.41) is 6.87. The molecule has 1 aromatic carbocycles. The Labute approximate surface area is 128 Å². The number of hydrogen-bond acceptors (Lipinski definition) is 4. The van der Waals surface area contributed by atoms with E-state index in [0.717, 1.165) is 30.0 Å². The van der Waals surface area contributed by atoms with E-state index in [0.29, 0.717) is 11.5 Å². The molecule has 3 rings (SSSR count). The van der Waals surface area contributed by atoms with E-state index in [9.17, 15) is 4.79 Å². The van der Waals surface area contributed by atoms with E-state index in [2.05, 4.69) is 22.6 Å². The summed E-state index contributed by atoms with van der Waals surface area (Å²) in [5.41, 5.74) is 4.57. The summed E-state index contributed by atoms with van der Waals surface area (Å²) in [5.74, 6) is 1.93. The highest BCUT2D eigenvalue weighted by Gasteiger charge is 2.12. The number of rotatable bonds is 5. The Morgan fingerprint density at radius 3 is 3.00 bits per heavy atom. The number of aryl methyl sites for hydroxylation is 3. The SMILES string of the molecule is Cc1cc(CSCC(=O)Nc2ccc3c(c2)CCC3)no1. The molecule has 0 fully saturated rings. The smallest absolute Gasteiger partial charge is 0.234 e. The van der Waals surface area contributed by atoms with E-state index in [-0.39, 0.29) is 5.91 Å². The molecule has 110 valence electrons. The molecule has 0 aliphatic heterocycles. The molecule has 5 heteroatoms. The Bertz CT molecular complexity index is 651. The molecule has 0 bridgehead atoms. The van der Waals surface area contributed by atoms with E-state index in [4.69, 9.17) is 4.52 Å². The maximum Gasteiger partial charge on any atom is 0.234 e. The molecule has 1 heterocycles. The minimum Gasteiger partial charge on any atom is -0.361 e. The lowest BCUT2D eigenvalue weighted by atomic mass is 10.1. The fraction of sp³-hybridized carbons (Fsp3) is 0.375. The van der Waals surface area contributed by atoms with Gasteiger partial charge in [-0.3, -0.25) is 4.79 Å². The summed E-state index contributed by atoms with van der Waals surface area (Å²) in [6, 6.07) is 8.12. The molecule has 1 N–H and O–H groups in total. The van der Waals surface area contributed by atoms with Gasteiger partial charge in [0.1, 0.15) is 5.76 Å². The Kier molecular flexibility index (Phi) is 4.29. The molecule has 0 spiro atoms. The Morgan fingerprint density at radius 1 is 1.33 bits per heavy atom. The first-order chi connectivity index (χ1) is 10.2. The van der Waals surface area contributed by atoms with Crippen molar-refractivity contribution in [3.05, 3.63) is 46.8 Å². The van der Waals surface area contributed by atoms with Gasteiger partial charge in [-0.25, -0.2) is 0 Å². The highest BCUT2D eigenvalue weighted by molar-refractivity contribution is 7.99. The average molecular weight is 302 g/mol. The van der Waals surface area contributed by atoms with Crippen LogP contribution >= 0.6 is 11.8 Å². The minimum absolute atomic E-state index is 0.0261. The lowest BCUT2D eigenvalue weighted by molar-refractivity contribution is -0.113. The molecular formula is C16H18N2O2S. The average Bonchev–Trinajstić information content (AvgIpc) is 3.07. The Morgan fingerprint density at radius 2 is 2.19 bits per heavy atom. The second kappa shape index (κ2) is 6.35. The number of hydrogen-bond donors (Lipinski definition) is 1. The molecule has 0 saturated heterocycles. The van der Waals surface area contributed by atoms with Crippen molar-refractivity contribution in [1.82, 2.24) is 5.16 Å². The topological polar surface area (TPSA) is 55.1 Å². The van der Waals surface area contributed by atoms with Crippen LogP contribution in [-0.4, -0.2) is 16.8 Å². The molecule has 1 aliphatic rings. The molecule has 4 nitrogen and oxygen atoms in total.